The Morgan fingerprint density at radius 1 is 1.00 bits per heavy atom. The summed E-state index contributed by atoms with van der Waals surface area (Å²) < 4.78 is 11.6. The van der Waals surface area contributed by atoms with Crippen LogP contribution in [-0.2, 0) is 9.47 Å². The van der Waals surface area contributed by atoms with Crippen molar-refractivity contribution < 1.29 is 9.47 Å². The maximum Gasteiger partial charge on any atom is 0.0662 e. The number of rotatable bonds is 0. The van der Waals surface area contributed by atoms with E-state index in [9.17, 15) is 0 Å². The van der Waals surface area contributed by atoms with E-state index in [-0.39, 0.29) is 0 Å². The van der Waals surface area contributed by atoms with Crippen LogP contribution in [0.5, 0.6) is 0 Å². The van der Waals surface area contributed by atoms with Crippen LogP contribution in [0.3, 0.4) is 0 Å². The minimum Gasteiger partial charge on any atom is -0.380 e. The molecule has 0 aromatic heterocycles. The lowest BCUT2D eigenvalue weighted by Gasteiger charge is -2.39. The Labute approximate surface area is 73.2 Å². The second-order valence-corrected chi connectivity index (χ2v) is 5.02. The van der Waals surface area contributed by atoms with E-state index in [1.54, 1.807) is 0 Å². The summed E-state index contributed by atoms with van der Waals surface area (Å²) in [6.07, 6.45) is 3.46. The molecule has 0 amide bonds. The molecule has 3 saturated heterocycles. The first-order valence-corrected chi connectivity index (χ1v) is 4.90. The van der Waals surface area contributed by atoms with E-state index < -0.39 is 0 Å². The molecule has 4 atom stereocenters. The average Bonchev–Trinajstić information content (AvgIpc) is 2.61. The third-order valence-electron chi connectivity index (χ3n) is 4.55. The molecule has 2 heteroatoms. The fraction of sp³-hybridized carbons (Fsp3) is 1.00. The second kappa shape index (κ2) is 1.88. The molecule has 3 rings (SSSR count). The Bertz CT molecular complexity index is 206. The molecule has 0 spiro atoms. The Morgan fingerprint density at radius 3 is 2.00 bits per heavy atom. The Morgan fingerprint density at radius 2 is 1.50 bits per heavy atom. The highest BCUT2D eigenvalue weighted by Gasteiger charge is 2.66. The van der Waals surface area contributed by atoms with Gasteiger partial charge in [0.2, 0.25) is 0 Å². The zero-order valence-electron chi connectivity index (χ0n) is 7.80. The third kappa shape index (κ3) is 0.549. The number of ether oxygens (including phenoxy) is 2. The first kappa shape index (κ1) is 7.34. The molecule has 0 aromatic carbocycles. The van der Waals surface area contributed by atoms with Crippen molar-refractivity contribution in [3.63, 3.8) is 0 Å². The molecule has 0 radical (unpaired) electrons. The van der Waals surface area contributed by atoms with Crippen LogP contribution in [0.15, 0.2) is 0 Å². The highest BCUT2D eigenvalue weighted by Crippen LogP contribution is 2.62. The van der Waals surface area contributed by atoms with Crippen LogP contribution in [0, 0.1) is 10.8 Å². The molecule has 0 aromatic rings. The quantitative estimate of drug-likeness (QED) is 0.547. The molecule has 3 aliphatic heterocycles. The van der Waals surface area contributed by atoms with Crippen molar-refractivity contribution in [3.8, 4) is 0 Å². The van der Waals surface area contributed by atoms with Crippen molar-refractivity contribution in [2.75, 3.05) is 13.2 Å². The standard InChI is InChI=1S/C10H16O2/c1-9-5-11-6-10(9,2)8-4-3-7(9)12-8/h7-8H,3-6H2,1-2H3. The molecule has 0 N–H and O–H groups in total. The molecule has 4 unspecified atom stereocenters. The van der Waals surface area contributed by atoms with E-state index in [4.69, 9.17) is 9.47 Å². The Hall–Kier alpha value is -0.0800. The van der Waals surface area contributed by atoms with Gasteiger partial charge in [-0.05, 0) is 12.8 Å². The Balaban J connectivity index is 2.08. The monoisotopic (exact) mass is 168 g/mol. The van der Waals surface area contributed by atoms with Crippen LogP contribution in [0.2, 0.25) is 0 Å². The molecular formula is C10H16O2. The van der Waals surface area contributed by atoms with Crippen molar-refractivity contribution in [1.82, 2.24) is 0 Å². The average molecular weight is 168 g/mol. The van der Waals surface area contributed by atoms with Gasteiger partial charge in [0, 0.05) is 10.8 Å². The zero-order valence-corrected chi connectivity index (χ0v) is 7.80. The van der Waals surface area contributed by atoms with Gasteiger partial charge >= 0.3 is 0 Å². The molecule has 68 valence electrons. The molecule has 12 heavy (non-hydrogen) atoms. The van der Waals surface area contributed by atoms with Crippen molar-refractivity contribution in [2.45, 2.75) is 38.9 Å². The van der Waals surface area contributed by atoms with Crippen LogP contribution >= 0.6 is 0 Å². The lowest BCUT2D eigenvalue weighted by molar-refractivity contribution is 0.0215. The van der Waals surface area contributed by atoms with E-state index in [2.05, 4.69) is 13.8 Å². The third-order valence-corrected chi connectivity index (χ3v) is 4.55. The van der Waals surface area contributed by atoms with Gasteiger partial charge in [-0.1, -0.05) is 13.8 Å². The summed E-state index contributed by atoms with van der Waals surface area (Å²) in [4.78, 5) is 0. The predicted molar refractivity (Wildman–Crippen MR) is 44.9 cm³/mol. The van der Waals surface area contributed by atoms with Gasteiger partial charge in [0.1, 0.15) is 0 Å². The molecule has 3 fully saturated rings. The maximum atomic E-state index is 5.97. The first-order chi connectivity index (χ1) is 5.67. The van der Waals surface area contributed by atoms with E-state index >= 15 is 0 Å². The predicted octanol–water partition coefficient (Wildman–Crippen LogP) is 1.59. The van der Waals surface area contributed by atoms with Gasteiger partial charge in [-0.2, -0.15) is 0 Å². The smallest absolute Gasteiger partial charge is 0.0662 e. The van der Waals surface area contributed by atoms with Crippen molar-refractivity contribution in [1.29, 1.82) is 0 Å². The SMILES string of the molecule is CC12COCC1(C)C1CCC2O1. The van der Waals surface area contributed by atoms with Gasteiger partial charge in [-0.3, -0.25) is 0 Å². The summed E-state index contributed by atoms with van der Waals surface area (Å²) in [7, 11) is 0. The summed E-state index contributed by atoms with van der Waals surface area (Å²) in [6, 6.07) is 0. The molecule has 0 saturated carbocycles. The minimum atomic E-state index is 0.315. The number of fused-ring (bicyclic) bond motifs is 5. The highest BCUT2D eigenvalue weighted by molar-refractivity contribution is 5.13. The van der Waals surface area contributed by atoms with Crippen LogP contribution in [0.25, 0.3) is 0 Å². The highest BCUT2D eigenvalue weighted by atomic mass is 16.5. The molecule has 2 bridgehead atoms. The van der Waals surface area contributed by atoms with Crippen molar-refractivity contribution >= 4 is 0 Å². The lowest BCUT2D eigenvalue weighted by Crippen LogP contribution is -2.45. The summed E-state index contributed by atoms with van der Waals surface area (Å²) in [6.45, 7) is 6.49. The molecular weight excluding hydrogens is 152 g/mol. The topological polar surface area (TPSA) is 18.5 Å². The fourth-order valence-electron chi connectivity index (χ4n) is 3.30. The molecule has 2 nitrogen and oxygen atoms in total. The molecule has 3 heterocycles. The largest absolute Gasteiger partial charge is 0.380 e. The molecule has 0 aliphatic carbocycles. The van der Waals surface area contributed by atoms with E-state index in [1.165, 1.54) is 12.8 Å². The fourth-order valence-corrected chi connectivity index (χ4v) is 3.30. The first-order valence-electron chi connectivity index (χ1n) is 4.90. The van der Waals surface area contributed by atoms with Crippen molar-refractivity contribution in [3.05, 3.63) is 0 Å². The van der Waals surface area contributed by atoms with Crippen LogP contribution in [-0.4, -0.2) is 25.4 Å². The summed E-state index contributed by atoms with van der Waals surface area (Å²) >= 11 is 0. The Kier molecular flexibility index (Phi) is 1.15. The van der Waals surface area contributed by atoms with Gasteiger partial charge in [0.05, 0.1) is 25.4 Å². The van der Waals surface area contributed by atoms with Gasteiger partial charge in [-0.15, -0.1) is 0 Å². The van der Waals surface area contributed by atoms with Gasteiger partial charge < -0.3 is 9.47 Å². The summed E-state index contributed by atoms with van der Waals surface area (Å²) in [5.41, 5.74) is 0.631. The van der Waals surface area contributed by atoms with Crippen molar-refractivity contribution in [2.24, 2.45) is 10.8 Å². The van der Waals surface area contributed by atoms with E-state index in [1.807, 2.05) is 0 Å². The lowest BCUT2D eigenvalue weighted by atomic mass is 9.60. The summed E-state index contributed by atoms with van der Waals surface area (Å²) in [5.74, 6) is 0. The number of hydrogen-bond acceptors (Lipinski definition) is 2. The normalized spacial score (nSPS) is 62.5. The van der Waals surface area contributed by atoms with Gasteiger partial charge in [-0.25, -0.2) is 0 Å². The van der Waals surface area contributed by atoms with Crippen LogP contribution < -0.4 is 0 Å². The second-order valence-electron chi connectivity index (χ2n) is 5.02. The number of hydrogen-bond donors (Lipinski definition) is 0. The van der Waals surface area contributed by atoms with Gasteiger partial charge in [0.15, 0.2) is 0 Å². The van der Waals surface area contributed by atoms with Gasteiger partial charge in [0.25, 0.3) is 0 Å². The minimum absolute atomic E-state index is 0.315. The van der Waals surface area contributed by atoms with Crippen LogP contribution in [0.4, 0.5) is 0 Å². The molecule has 3 aliphatic rings. The van der Waals surface area contributed by atoms with E-state index in [0.29, 0.717) is 23.0 Å². The summed E-state index contributed by atoms with van der Waals surface area (Å²) in [5, 5.41) is 0. The van der Waals surface area contributed by atoms with Crippen LogP contribution in [0.1, 0.15) is 26.7 Å². The van der Waals surface area contributed by atoms with E-state index in [0.717, 1.165) is 13.2 Å². The maximum absolute atomic E-state index is 5.97. The zero-order chi connectivity index (χ0) is 8.40.